The Kier molecular flexibility index (Phi) is 3.92. The van der Waals surface area contributed by atoms with E-state index in [1.807, 2.05) is 42.5 Å². The van der Waals surface area contributed by atoms with Crippen molar-refractivity contribution in [3.63, 3.8) is 0 Å². The van der Waals surface area contributed by atoms with E-state index in [0.29, 0.717) is 18.5 Å². The molecule has 0 fully saturated rings. The number of anilines is 1. The van der Waals surface area contributed by atoms with Crippen molar-refractivity contribution in [3.05, 3.63) is 63.2 Å². The van der Waals surface area contributed by atoms with Crippen LogP contribution in [0.2, 0.25) is 0 Å². The van der Waals surface area contributed by atoms with Crippen LogP contribution in [0.15, 0.2) is 48.5 Å². The maximum absolute atomic E-state index is 12.4. The summed E-state index contributed by atoms with van der Waals surface area (Å²) in [5.74, 6) is -0.236. The van der Waals surface area contributed by atoms with Crippen molar-refractivity contribution in [2.75, 3.05) is 11.9 Å². The molecule has 21 heavy (non-hydrogen) atoms. The molecule has 0 bridgehead atoms. The third-order valence-corrected chi connectivity index (χ3v) is 4.40. The fraction of sp³-hybridized carbons (Fsp3) is 0.125. The van der Waals surface area contributed by atoms with Gasteiger partial charge >= 0.3 is 6.03 Å². The van der Waals surface area contributed by atoms with Gasteiger partial charge in [0.25, 0.3) is 5.91 Å². The molecule has 0 atom stereocenters. The normalized spacial score (nSPS) is 13.8. The molecule has 5 heteroatoms. The summed E-state index contributed by atoms with van der Waals surface area (Å²) in [5, 5.41) is 2.80. The number of carbonyl (C=O) groups is 2. The van der Waals surface area contributed by atoms with E-state index in [0.717, 1.165) is 14.8 Å². The third kappa shape index (κ3) is 2.78. The van der Waals surface area contributed by atoms with Crippen LogP contribution in [-0.4, -0.2) is 23.4 Å². The summed E-state index contributed by atoms with van der Waals surface area (Å²) in [6, 6.07) is 14.5. The number of rotatable bonds is 1. The zero-order valence-electron chi connectivity index (χ0n) is 11.2. The topological polar surface area (TPSA) is 49.4 Å². The van der Waals surface area contributed by atoms with Gasteiger partial charge in [-0.15, -0.1) is 0 Å². The first kappa shape index (κ1) is 14.1. The molecule has 3 amide bonds. The van der Waals surface area contributed by atoms with E-state index in [9.17, 15) is 9.59 Å². The summed E-state index contributed by atoms with van der Waals surface area (Å²) in [5.41, 5.74) is 2.33. The van der Waals surface area contributed by atoms with Crippen LogP contribution in [0.5, 0.6) is 0 Å². The van der Waals surface area contributed by atoms with Gasteiger partial charge in [0.05, 0.1) is 5.69 Å². The predicted molar refractivity (Wildman–Crippen MR) is 89.4 cm³/mol. The first-order valence-electron chi connectivity index (χ1n) is 6.62. The van der Waals surface area contributed by atoms with Crippen LogP contribution in [0.3, 0.4) is 0 Å². The number of para-hydroxylation sites is 1. The molecule has 0 unspecified atom stereocenters. The van der Waals surface area contributed by atoms with Gasteiger partial charge in [-0.25, -0.2) is 4.79 Å². The SMILES string of the molecule is O=C(Nc1ccccc1I)N1CCc2ccccc2C1=O. The molecule has 1 N–H and O–H groups in total. The van der Waals surface area contributed by atoms with Crippen LogP contribution in [0.1, 0.15) is 15.9 Å². The molecule has 1 heterocycles. The average molecular weight is 392 g/mol. The number of nitrogens with zero attached hydrogens (tertiary/aromatic N) is 1. The molecular formula is C16H13IN2O2. The van der Waals surface area contributed by atoms with Crippen LogP contribution in [0, 0.1) is 3.57 Å². The number of benzene rings is 2. The first-order valence-corrected chi connectivity index (χ1v) is 7.70. The number of carbonyl (C=O) groups excluding carboxylic acids is 2. The molecule has 3 rings (SSSR count). The highest BCUT2D eigenvalue weighted by Gasteiger charge is 2.28. The van der Waals surface area contributed by atoms with E-state index in [2.05, 4.69) is 27.9 Å². The number of hydrogen-bond acceptors (Lipinski definition) is 2. The highest BCUT2D eigenvalue weighted by molar-refractivity contribution is 14.1. The molecule has 0 saturated heterocycles. The molecule has 0 spiro atoms. The summed E-state index contributed by atoms with van der Waals surface area (Å²) < 4.78 is 0.938. The van der Waals surface area contributed by atoms with Gasteiger partial charge in [-0.05, 0) is 52.8 Å². The number of imide groups is 1. The van der Waals surface area contributed by atoms with Crippen LogP contribution in [0.4, 0.5) is 10.5 Å². The highest BCUT2D eigenvalue weighted by atomic mass is 127. The molecule has 2 aromatic rings. The van der Waals surface area contributed by atoms with E-state index in [-0.39, 0.29) is 11.9 Å². The Labute approximate surface area is 136 Å². The van der Waals surface area contributed by atoms with Gasteiger partial charge in [0.15, 0.2) is 0 Å². The van der Waals surface area contributed by atoms with Crippen molar-refractivity contribution in [1.82, 2.24) is 4.90 Å². The molecule has 0 aromatic heterocycles. The number of amides is 3. The van der Waals surface area contributed by atoms with Crippen molar-refractivity contribution in [1.29, 1.82) is 0 Å². The molecule has 1 aliphatic heterocycles. The number of urea groups is 1. The Hall–Kier alpha value is -1.89. The van der Waals surface area contributed by atoms with Crippen molar-refractivity contribution < 1.29 is 9.59 Å². The maximum atomic E-state index is 12.4. The Morgan fingerprint density at radius 1 is 1.10 bits per heavy atom. The third-order valence-electron chi connectivity index (χ3n) is 3.46. The molecule has 0 saturated carbocycles. The lowest BCUT2D eigenvalue weighted by Gasteiger charge is -2.27. The Morgan fingerprint density at radius 2 is 1.81 bits per heavy atom. The minimum absolute atomic E-state index is 0.236. The predicted octanol–water partition coefficient (Wildman–Crippen LogP) is 3.52. The lowest BCUT2D eigenvalue weighted by atomic mass is 9.99. The number of nitrogens with one attached hydrogen (secondary N) is 1. The van der Waals surface area contributed by atoms with E-state index >= 15 is 0 Å². The summed E-state index contributed by atoms with van der Waals surface area (Å²) in [7, 11) is 0. The second-order valence-electron chi connectivity index (χ2n) is 4.77. The molecular weight excluding hydrogens is 379 g/mol. The standard InChI is InChI=1S/C16H13IN2O2/c17-13-7-3-4-8-14(13)18-16(21)19-10-9-11-5-1-2-6-12(11)15(19)20/h1-8H,9-10H2,(H,18,21). The van der Waals surface area contributed by atoms with Gasteiger partial charge in [0.1, 0.15) is 0 Å². The lowest BCUT2D eigenvalue weighted by Crippen LogP contribution is -2.44. The van der Waals surface area contributed by atoms with Crippen LogP contribution in [0.25, 0.3) is 0 Å². The number of fused-ring (bicyclic) bond motifs is 1. The maximum Gasteiger partial charge on any atom is 0.328 e. The van der Waals surface area contributed by atoms with E-state index in [1.54, 1.807) is 6.07 Å². The quantitative estimate of drug-likeness (QED) is 0.756. The van der Waals surface area contributed by atoms with Crippen LogP contribution in [-0.2, 0) is 6.42 Å². The Balaban J connectivity index is 1.81. The fourth-order valence-electron chi connectivity index (χ4n) is 2.37. The summed E-state index contributed by atoms with van der Waals surface area (Å²) in [6.45, 7) is 0.408. The monoisotopic (exact) mass is 392 g/mol. The Bertz CT molecular complexity index is 715. The zero-order chi connectivity index (χ0) is 14.8. The minimum atomic E-state index is -0.376. The molecule has 106 valence electrons. The second kappa shape index (κ2) is 5.85. The van der Waals surface area contributed by atoms with Crippen LogP contribution >= 0.6 is 22.6 Å². The summed E-state index contributed by atoms with van der Waals surface area (Å²) in [4.78, 5) is 26.0. The van der Waals surface area contributed by atoms with E-state index < -0.39 is 0 Å². The van der Waals surface area contributed by atoms with Gasteiger partial charge in [-0.1, -0.05) is 30.3 Å². The molecule has 1 aliphatic rings. The van der Waals surface area contributed by atoms with Gasteiger partial charge < -0.3 is 5.32 Å². The summed E-state index contributed by atoms with van der Waals surface area (Å²) >= 11 is 2.15. The van der Waals surface area contributed by atoms with Crippen LogP contribution < -0.4 is 5.32 Å². The van der Waals surface area contributed by atoms with Crippen molar-refractivity contribution in [2.45, 2.75) is 6.42 Å². The van der Waals surface area contributed by atoms with Crippen molar-refractivity contribution in [3.8, 4) is 0 Å². The average Bonchev–Trinajstić information content (AvgIpc) is 2.50. The largest absolute Gasteiger partial charge is 0.328 e. The number of halogens is 1. The van der Waals surface area contributed by atoms with Gasteiger partial charge in [-0.2, -0.15) is 0 Å². The fourth-order valence-corrected chi connectivity index (χ4v) is 2.89. The molecule has 4 nitrogen and oxygen atoms in total. The Morgan fingerprint density at radius 3 is 2.62 bits per heavy atom. The molecule has 0 radical (unpaired) electrons. The van der Waals surface area contributed by atoms with E-state index in [1.165, 1.54) is 4.90 Å². The second-order valence-corrected chi connectivity index (χ2v) is 5.94. The number of hydrogen-bond donors (Lipinski definition) is 1. The van der Waals surface area contributed by atoms with Crippen molar-refractivity contribution >= 4 is 40.2 Å². The minimum Gasteiger partial charge on any atom is -0.306 e. The lowest BCUT2D eigenvalue weighted by molar-refractivity contribution is 0.0798. The van der Waals surface area contributed by atoms with Gasteiger partial charge in [0.2, 0.25) is 0 Å². The van der Waals surface area contributed by atoms with Gasteiger partial charge in [0, 0.05) is 15.7 Å². The van der Waals surface area contributed by atoms with Gasteiger partial charge in [-0.3, -0.25) is 9.69 Å². The highest BCUT2D eigenvalue weighted by Crippen LogP contribution is 2.21. The molecule has 0 aliphatic carbocycles. The summed E-state index contributed by atoms with van der Waals surface area (Å²) in [6.07, 6.45) is 0.696. The first-order chi connectivity index (χ1) is 10.2. The van der Waals surface area contributed by atoms with E-state index in [4.69, 9.17) is 0 Å². The smallest absolute Gasteiger partial charge is 0.306 e. The van der Waals surface area contributed by atoms with Crippen molar-refractivity contribution in [2.24, 2.45) is 0 Å². The zero-order valence-corrected chi connectivity index (χ0v) is 13.3. The molecule has 2 aromatic carbocycles.